The van der Waals surface area contributed by atoms with Crippen molar-refractivity contribution < 1.29 is 9.53 Å². The third-order valence-electron chi connectivity index (χ3n) is 3.87. The molecule has 0 aliphatic carbocycles. The number of carbonyl (C=O) groups is 1. The maximum atomic E-state index is 11.2. The number of nitrogens with one attached hydrogen (secondary N) is 2. The lowest BCUT2D eigenvalue weighted by Gasteiger charge is -2.11. The molecule has 0 saturated carbocycles. The van der Waals surface area contributed by atoms with Crippen LogP contribution in [0.1, 0.15) is 51.0 Å². The summed E-state index contributed by atoms with van der Waals surface area (Å²) in [6, 6.07) is 3.78. The summed E-state index contributed by atoms with van der Waals surface area (Å²) >= 11 is 5.78. The number of nitrogens with zero attached hydrogens (tertiary/aromatic N) is 2. The number of hydrogen-bond acceptors (Lipinski definition) is 4. The highest BCUT2D eigenvalue weighted by Gasteiger charge is 2.01. The number of aromatic nitrogens is 1. The van der Waals surface area contributed by atoms with Crippen molar-refractivity contribution in [3.05, 3.63) is 29.0 Å². The van der Waals surface area contributed by atoms with Gasteiger partial charge >= 0.3 is 5.97 Å². The lowest BCUT2D eigenvalue weighted by molar-refractivity contribution is -0.143. The van der Waals surface area contributed by atoms with E-state index in [0.29, 0.717) is 18.2 Å². The molecule has 6 nitrogen and oxygen atoms in total. The average molecular weight is 511 g/mol. The highest BCUT2D eigenvalue weighted by Crippen LogP contribution is 2.06. The molecule has 0 fully saturated rings. The average Bonchev–Trinajstić information content (AvgIpc) is 2.64. The number of pyridine rings is 1. The molecule has 27 heavy (non-hydrogen) atoms. The van der Waals surface area contributed by atoms with Crippen LogP contribution in [-0.4, -0.2) is 43.7 Å². The summed E-state index contributed by atoms with van der Waals surface area (Å²) in [7, 11) is 1.77. The van der Waals surface area contributed by atoms with Crippen molar-refractivity contribution in [3.63, 3.8) is 0 Å². The van der Waals surface area contributed by atoms with Gasteiger partial charge in [0, 0.05) is 32.8 Å². The summed E-state index contributed by atoms with van der Waals surface area (Å²) in [6.45, 7) is 3.98. The van der Waals surface area contributed by atoms with Gasteiger partial charge in [0.05, 0.1) is 6.61 Å². The van der Waals surface area contributed by atoms with E-state index >= 15 is 0 Å². The summed E-state index contributed by atoms with van der Waals surface area (Å²) in [5, 5.41) is 7.13. The maximum Gasteiger partial charge on any atom is 0.305 e. The van der Waals surface area contributed by atoms with Gasteiger partial charge < -0.3 is 15.4 Å². The van der Waals surface area contributed by atoms with Crippen LogP contribution >= 0.6 is 35.6 Å². The molecule has 0 aliphatic rings. The third-order valence-corrected chi connectivity index (χ3v) is 4.10. The van der Waals surface area contributed by atoms with Crippen molar-refractivity contribution >= 4 is 47.5 Å². The second-order valence-corrected chi connectivity index (χ2v) is 6.37. The lowest BCUT2D eigenvalue weighted by atomic mass is 10.1. The summed E-state index contributed by atoms with van der Waals surface area (Å²) < 4.78 is 4.91. The molecule has 0 bridgehead atoms. The van der Waals surface area contributed by atoms with E-state index in [-0.39, 0.29) is 29.9 Å². The predicted molar refractivity (Wildman–Crippen MR) is 122 cm³/mol. The fraction of sp³-hybridized carbons (Fsp3) is 0.632. The number of carbonyl (C=O) groups excluding carboxylic acids is 1. The first kappa shape index (κ1) is 25.9. The van der Waals surface area contributed by atoms with Crippen LogP contribution in [0.2, 0.25) is 5.15 Å². The highest BCUT2D eigenvalue weighted by atomic mass is 127. The van der Waals surface area contributed by atoms with Crippen LogP contribution in [0, 0.1) is 0 Å². The summed E-state index contributed by atoms with van der Waals surface area (Å²) in [5.41, 5.74) is 1.14. The second kappa shape index (κ2) is 17.0. The largest absolute Gasteiger partial charge is 0.466 e. The van der Waals surface area contributed by atoms with Crippen LogP contribution in [0.5, 0.6) is 0 Å². The molecule has 1 rings (SSSR count). The number of hydrogen-bond donors (Lipinski definition) is 2. The van der Waals surface area contributed by atoms with E-state index in [4.69, 9.17) is 16.3 Å². The van der Waals surface area contributed by atoms with Gasteiger partial charge in [-0.25, -0.2) is 4.98 Å². The normalized spacial score (nSPS) is 10.9. The number of esters is 1. The quantitative estimate of drug-likeness (QED) is 0.111. The number of guanidine groups is 1. The fourth-order valence-corrected chi connectivity index (χ4v) is 2.58. The molecule has 0 spiro atoms. The van der Waals surface area contributed by atoms with Crippen molar-refractivity contribution in [1.82, 2.24) is 15.6 Å². The zero-order valence-electron chi connectivity index (χ0n) is 16.3. The molecule has 1 aromatic heterocycles. The van der Waals surface area contributed by atoms with Crippen LogP contribution in [-0.2, 0) is 16.0 Å². The van der Waals surface area contributed by atoms with Crippen LogP contribution in [0.15, 0.2) is 23.3 Å². The van der Waals surface area contributed by atoms with Crippen LogP contribution in [0.25, 0.3) is 0 Å². The van der Waals surface area contributed by atoms with Gasteiger partial charge in [-0.3, -0.25) is 9.79 Å². The van der Waals surface area contributed by atoms with Gasteiger partial charge in [0.2, 0.25) is 0 Å². The van der Waals surface area contributed by atoms with E-state index < -0.39 is 0 Å². The van der Waals surface area contributed by atoms with Crippen molar-refractivity contribution in [2.24, 2.45) is 4.99 Å². The SMILES string of the molecule is CCOC(=O)CCCCCCCNC(=NC)NCCc1ccc(Cl)nc1.I. The first-order valence-electron chi connectivity index (χ1n) is 9.36. The minimum atomic E-state index is -0.0848. The Morgan fingerprint density at radius 3 is 2.52 bits per heavy atom. The molecule has 0 amide bonds. The topological polar surface area (TPSA) is 75.6 Å². The molecule has 0 atom stereocenters. The van der Waals surface area contributed by atoms with E-state index in [1.807, 2.05) is 13.0 Å². The molecule has 1 aromatic rings. The minimum Gasteiger partial charge on any atom is -0.466 e. The van der Waals surface area contributed by atoms with Gasteiger partial charge in [0.15, 0.2) is 5.96 Å². The molecule has 0 radical (unpaired) electrons. The van der Waals surface area contributed by atoms with Gasteiger partial charge in [-0.15, -0.1) is 24.0 Å². The van der Waals surface area contributed by atoms with E-state index in [1.165, 1.54) is 0 Å². The van der Waals surface area contributed by atoms with Crippen LogP contribution < -0.4 is 10.6 Å². The Hall–Kier alpha value is -1.09. The zero-order valence-corrected chi connectivity index (χ0v) is 19.4. The third kappa shape index (κ3) is 13.7. The standard InChI is InChI=1S/C19H31ClN4O2.HI/c1-3-26-18(25)9-7-5-4-6-8-13-22-19(21-2)23-14-12-16-10-11-17(20)24-15-16;/h10-11,15H,3-9,12-14H2,1-2H3,(H2,21,22,23);1H. The summed E-state index contributed by atoms with van der Waals surface area (Å²) in [4.78, 5) is 19.5. The zero-order chi connectivity index (χ0) is 19.0. The first-order chi connectivity index (χ1) is 12.7. The highest BCUT2D eigenvalue weighted by molar-refractivity contribution is 14.0. The van der Waals surface area contributed by atoms with Gasteiger partial charge in [-0.2, -0.15) is 0 Å². The van der Waals surface area contributed by atoms with E-state index in [2.05, 4.69) is 20.6 Å². The Morgan fingerprint density at radius 1 is 1.15 bits per heavy atom. The Labute approximate surface area is 184 Å². The van der Waals surface area contributed by atoms with E-state index in [1.54, 1.807) is 19.3 Å². The molecule has 1 heterocycles. The maximum absolute atomic E-state index is 11.2. The second-order valence-electron chi connectivity index (χ2n) is 5.99. The van der Waals surface area contributed by atoms with Gasteiger partial charge in [0.1, 0.15) is 5.15 Å². The molecule has 2 N–H and O–H groups in total. The van der Waals surface area contributed by atoms with Crippen molar-refractivity contribution in [1.29, 1.82) is 0 Å². The first-order valence-corrected chi connectivity index (χ1v) is 9.74. The summed E-state index contributed by atoms with van der Waals surface area (Å²) in [6.07, 6.45) is 8.54. The van der Waals surface area contributed by atoms with Crippen LogP contribution in [0.4, 0.5) is 0 Å². The van der Waals surface area contributed by atoms with Crippen molar-refractivity contribution in [2.75, 3.05) is 26.7 Å². The molecule has 154 valence electrons. The molecule has 0 saturated heterocycles. The number of unbranched alkanes of at least 4 members (excludes halogenated alkanes) is 4. The van der Waals surface area contributed by atoms with Crippen LogP contribution in [0.3, 0.4) is 0 Å². The number of halogens is 2. The van der Waals surface area contributed by atoms with Gasteiger partial charge in [-0.1, -0.05) is 36.9 Å². The minimum absolute atomic E-state index is 0. The monoisotopic (exact) mass is 510 g/mol. The van der Waals surface area contributed by atoms with Gasteiger partial charge in [-0.05, 0) is 37.8 Å². The number of ether oxygens (including phenoxy) is 1. The smallest absolute Gasteiger partial charge is 0.305 e. The summed E-state index contributed by atoms with van der Waals surface area (Å²) in [5.74, 6) is 0.729. The molecule has 0 aromatic carbocycles. The van der Waals surface area contributed by atoms with E-state index in [0.717, 1.165) is 63.1 Å². The molecule has 0 aliphatic heterocycles. The van der Waals surface area contributed by atoms with Crippen molar-refractivity contribution in [3.8, 4) is 0 Å². The number of aliphatic imine (C=N–C) groups is 1. The Balaban J connectivity index is 0.00000676. The van der Waals surface area contributed by atoms with Crippen molar-refractivity contribution in [2.45, 2.75) is 51.9 Å². The molecular formula is C19H32ClIN4O2. The Kier molecular flexibility index (Phi) is 16.4. The van der Waals surface area contributed by atoms with Gasteiger partial charge in [0.25, 0.3) is 0 Å². The molecule has 8 heteroatoms. The Morgan fingerprint density at radius 2 is 1.85 bits per heavy atom. The lowest BCUT2D eigenvalue weighted by Crippen LogP contribution is -2.38. The van der Waals surface area contributed by atoms with E-state index in [9.17, 15) is 4.79 Å². The predicted octanol–water partition coefficient (Wildman–Crippen LogP) is 3.96. The fourth-order valence-electron chi connectivity index (χ4n) is 2.46. The molecule has 0 unspecified atom stereocenters. The number of rotatable bonds is 12. The molecular weight excluding hydrogens is 479 g/mol. The Bertz CT molecular complexity index is 541.